The summed E-state index contributed by atoms with van der Waals surface area (Å²) in [7, 11) is 3.68. The molecule has 0 saturated heterocycles. The molecule has 0 aliphatic rings. The molecule has 0 aromatic rings. The molecule has 0 aliphatic heterocycles. The molecule has 0 aliphatic carbocycles. The fourth-order valence-corrected chi connectivity index (χ4v) is 2.65. The van der Waals surface area contributed by atoms with E-state index in [1.807, 2.05) is 14.1 Å². The summed E-state index contributed by atoms with van der Waals surface area (Å²) in [5.41, 5.74) is 0. The average Bonchev–Trinajstić information content (AvgIpc) is 2.74. The summed E-state index contributed by atoms with van der Waals surface area (Å²) in [5, 5.41) is 8.22. The number of aliphatic hydroxyl groups is 1. The molecule has 0 heterocycles. The number of rotatable bonds is 17. The van der Waals surface area contributed by atoms with Crippen molar-refractivity contribution in [2.45, 2.75) is 84.0 Å². The molecule has 0 aromatic carbocycles. The third-order valence-corrected chi connectivity index (χ3v) is 5.52. The van der Waals surface area contributed by atoms with E-state index in [-0.39, 0.29) is 0 Å². The zero-order valence-corrected chi connectivity index (χ0v) is 25.7. The number of aliphatic hydroxyl groups excluding tert-OH is 1. The molecule has 0 spiro atoms. The first kappa shape index (κ1) is 42.7. The topological polar surface area (TPSA) is 158 Å². The van der Waals surface area contributed by atoms with E-state index in [9.17, 15) is 25.9 Å². The van der Waals surface area contributed by atoms with Crippen molar-refractivity contribution in [1.82, 2.24) is 0 Å². The van der Waals surface area contributed by atoms with Gasteiger partial charge in [-0.3, -0.25) is 8.37 Å². The first-order valence-electron chi connectivity index (χ1n) is 12.7. The highest BCUT2D eigenvalue weighted by atomic mass is 32.3. The second kappa shape index (κ2) is 27.6. The molecular formula is C23H56N2O9S2. The second-order valence-electron chi connectivity index (χ2n) is 9.73. The normalized spacial score (nSPS) is 11.6. The maximum atomic E-state index is 9.22. The van der Waals surface area contributed by atoms with E-state index in [0.29, 0.717) is 6.61 Å². The Morgan fingerprint density at radius 3 is 1.14 bits per heavy atom. The summed E-state index contributed by atoms with van der Waals surface area (Å²) >= 11 is 0. The maximum absolute atomic E-state index is 9.22. The van der Waals surface area contributed by atoms with Gasteiger partial charge < -0.3 is 23.6 Å². The monoisotopic (exact) mass is 568 g/mol. The second-order valence-corrected chi connectivity index (χ2v) is 12.0. The van der Waals surface area contributed by atoms with Crippen LogP contribution in [0.3, 0.4) is 0 Å². The van der Waals surface area contributed by atoms with Crippen LogP contribution in [0.25, 0.3) is 0 Å². The number of unbranched alkanes of at least 4 members (excludes halogenated alkanes) is 11. The fraction of sp³-hybridized carbons (Fsp3) is 1.00. The highest BCUT2D eigenvalue weighted by Crippen LogP contribution is 2.12. The van der Waals surface area contributed by atoms with Crippen LogP contribution in [0.1, 0.15) is 84.0 Å². The van der Waals surface area contributed by atoms with Crippen LogP contribution >= 0.6 is 0 Å². The minimum Gasteiger partial charge on any atom is -0.726 e. The smallest absolute Gasteiger partial charge is 0.217 e. The van der Waals surface area contributed by atoms with Crippen LogP contribution in [0, 0.1) is 0 Å². The summed E-state index contributed by atoms with van der Waals surface area (Å²) in [6, 6.07) is 0. The van der Waals surface area contributed by atoms with Gasteiger partial charge in [-0.1, -0.05) is 71.1 Å². The Balaban J connectivity index is -0.000000231. The van der Waals surface area contributed by atoms with Crippen molar-refractivity contribution in [2.75, 3.05) is 69.2 Å². The van der Waals surface area contributed by atoms with Crippen LogP contribution in [0.2, 0.25) is 0 Å². The number of quaternary nitrogens is 2. The molecule has 0 radical (unpaired) electrons. The van der Waals surface area contributed by atoms with Crippen LogP contribution < -0.4 is 4.90 Å². The number of likely N-dealkylation sites (N-methyl/N-ethyl adjacent to an activating group) is 1. The lowest BCUT2D eigenvalue weighted by molar-refractivity contribution is -0.870. The summed E-state index contributed by atoms with van der Waals surface area (Å²) in [6.45, 7) is 4.76. The lowest BCUT2D eigenvalue weighted by Crippen LogP contribution is -3.06. The van der Waals surface area contributed by atoms with Gasteiger partial charge in [-0.15, -0.1) is 0 Å². The Hall–Kier alpha value is -0.380. The van der Waals surface area contributed by atoms with Crippen molar-refractivity contribution < 1.29 is 48.8 Å². The Kier molecular flexibility index (Phi) is 32.8. The first-order chi connectivity index (χ1) is 16.5. The van der Waals surface area contributed by atoms with Crippen LogP contribution in [-0.4, -0.2) is 105 Å². The highest BCUT2D eigenvalue weighted by molar-refractivity contribution is 7.81. The zero-order valence-electron chi connectivity index (χ0n) is 24.1. The first-order valence-corrected chi connectivity index (χ1v) is 15.4. The van der Waals surface area contributed by atoms with Gasteiger partial charge in [0.2, 0.25) is 20.8 Å². The van der Waals surface area contributed by atoms with E-state index in [4.69, 9.17) is 5.11 Å². The zero-order chi connectivity index (χ0) is 29.1. The van der Waals surface area contributed by atoms with Gasteiger partial charge >= 0.3 is 0 Å². The van der Waals surface area contributed by atoms with Crippen LogP contribution in [0.5, 0.6) is 0 Å². The minimum absolute atomic E-state index is 0.294. The number of nitrogens with zero attached hydrogens (tertiary/aromatic N) is 1. The average molecular weight is 569 g/mol. The molecule has 0 bridgehead atoms. The summed E-state index contributed by atoms with van der Waals surface area (Å²) < 4.78 is 63.2. The Morgan fingerprint density at radius 1 is 0.694 bits per heavy atom. The molecule has 36 heavy (non-hydrogen) atoms. The van der Waals surface area contributed by atoms with E-state index in [1.165, 1.54) is 88.5 Å². The van der Waals surface area contributed by atoms with Gasteiger partial charge in [-0.25, -0.2) is 16.8 Å². The standard InChI is InChI=1S/C17H38N.C4H11NO.2CH4O4S/c1-5-6-7-8-9-10-11-12-13-14-15-16-17-18(2,3)4;1-5(2)3-4-6;2*1-5-6(2,3)4/h5-17H2,1-4H3;6H,3-4H2,1-2H3;2*1H3,(H,2,3,4)/q+1;;;/p-1. The van der Waals surface area contributed by atoms with Gasteiger partial charge in [0.15, 0.2) is 0 Å². The van der Waals surface area contributed by atoms with Crippen molar-refractivity contribution in [3.8, 4) is 0 Å². The fourth-order valence-electron chi connectivity index (χ4n) is 2.65. The molecule has 0 aromatic heterocycles. The van der Waals surface area contributed by atoms with Gasteiger partial charge in [0.05, 0.1) is 62.6 Å². The van der Waals surface area contributed by atoms with Crippen molar-refractivity contribution in [2.24, 2.45) is 0 Å². The molecule has 224 valence electrons. The van der Waals surface area contributed by atoms with Crippen LogP contribution in [-0.2, 0) is 29.2 Å². The van der Waals surface area contributed by atoms with Crippen molar-refractivity contribution in [3.63, 3.8) is 0 Å². The van der Waals surface area contributed by atoms with E-state index in [1.54, 1.807) is 0 Å². The third kappa shape index (κ3) is 64.1. The van der Waals surface area contributed by atoms with Gasteiger partial charge in [-0.05, 0) is 12.8 Å². The maximum Gasteiger partial charge on any atom is 0.217 e. The molecule has 13 heteroatoms. The summed E-state index contributed by atoms with van der Waals surface area (Å²) in [6.07, 6.45) is 17.4. The van der Waals surface area contributed by atoms with Gasteiger partial charge in [-0.2, -0.15) is 0 Å². The van der Waals surface area contributed by atoms with Crippen LogP contribution in [0.15, 0.2) is 0 Å². The summed E-state index contributed by atoms with van der Waals surface area (Å²) in [4.78, 5) is 1.29. The molecule has 11 nitrogen and oxygen atoms in total. The van der Waals surface area contributed by atoms with Crippen molar-refractivity contribution in [1.29, 1.82) is 0 Å². The molecule has 0 unspecified atom stereocenters. The van der Waals surface area contributed by atoms with E-state index in [0.717, 1.165) is 25.2 Å². The van der Waals surface area contributed by atoms with Crippen molar-refractivity contribution in [3.05, 3.63) is 0 Å². The van der Waals surface area contributed by atoms with E-state index >= 15 is 0 Å². The van der Waals surface area contributed by atoms with Gasteiger partial charge in [0.1, 0.15) is 6.54 Å². The Labute approximate surface area is 222 Å². The lowest BCUT2D eigenvalue weighted by atomic mass is 10.1. The number of hydrogen-bond donors (Lipinski definition) is 2. The molecule has 0 atom stereocenters. The largest absolute Gasteiger partial charge is 0.726 e. The predicted molar refractivity (Wildman–Crippen MR) is 142 cm³/mol. The van der Waals surface area contributed by atoms with Crippen LogP contribution in [0.4, 0.5) is 0 Å². The van der Waals surface area contributed by atoms with Crippen molar-refractivity contribution >= 4 is 20.8 Å². The third-order valence-electron chi connectivity index (χ3n) is 4.70. The summed E-state index contributed by atoms with van der Waals surface area (Å²) in [5.74, 6) is 0. The minimum atomic E-state index is -4.41. The molecule has 0 amide bonds. The van der Waals surface area contributed by atoms with E-state index in [2.05, 4.69) is 36.4 Å². The highest BCUT2D eigenvalue weighted by Gasteiger charge is 2.04. The molecule has 0 rings (SSSR count). The Morgan fingerprint density at radius 2 is 0.972 bits per heavy atom. The number of hydrogen-bond acceptors (Lipinski definition) is 9. The molecule has 0 fully saturated rings. The number of nitrogens with one attached hydrogen (secondary N) is 1. The SMILES string of the molecule is CCCCCCCCCCCCCC[N+](C)(C)C.COS(=O)(=O)[O-].COS(=O)(=O)[O-].C[NH+](C)CCO. The predicted octanol–water partition coefficient (Wildman–Crippen LogP) is 1.70. The lowest BCUT2D eigenvalue weighted by Gasteiger charge is -2.23. The Bertz CT molecular complexity index is 604. The van der Waals surface area contributed by atoms with Gasteiger partial charge in [0, 0.05) is 0 Å². The molecule has 0 saturated carbocycles. The quantitative estimate of drug-likeness (QED) is 0.115. The van der Waals surface area contributed by atoms with Gasteiger partial charge in [0.25, 0.3) is 0 Å². The molecule has 2 N–H and O–H groups in total. The molecular weight excluding hydrogens is 512 g/mol. The van der Waals surface area contributed by atoms with E-state index < -0.39 is 20.8 Å².